The predicted octanol–water partition coefficient (Wildman–Crippen LogP) is 4.11. The summed E-state index contributed by atoms with van der Waals surface area (Å²) < 4.78 is 6.22. The van der Waals surface area contributed by atoms with E-state index in [1.54, 1.807) is 11.0 Å². The Hall–Kier alpha value is -1.59. The highest BCUT2D eigenvalue weighted by atomic mass is 32.2. The molecule has 1 aliphatic rings. The molecule has 0 unspecified atom stereocenters. The van der Waals surface area contributed by atoms with Crippen molar-refractivity contribution in [3.63, 3.8) is 0 Å². The molecule has 1 aliphatic heterocycles. The smallest absolute Gasteiger partial charge is 0.266 e. The third kappa shape index (κ3) is 4.21. The van der Waals surface area contributed by atoms with E-state index in [9.17, 15) is 4.79 Å². The van der Waals surface area contributed by atoms with Crippen molar-refractivity contribution in [3.8, 4) is 5.75 Å². The van der Waals surface area contributed by atoms with E-state index in [1.165, 1.54) is 11.8 Å². The highest BCUT2D eigenvalue weighted by Crippen LogP contribution is 2.32. The summed E-state index contributed by atoms with van der Waals surface area (Å²) in [6, 6.07) is 7.71. The molecule has 5 heteroatoms. The van der Waals surface area contributed by atoms with Crippen LogP contribution in [0.3, 0.4) is 0 Å². The van der Waals surface area contributed by atoms with Gasteiger partial charge in [-0.1, -0.05) is 56.0 Å². The Bertz CT molecular complexity index is 606. The van der Waals surface area contributed by atoms with Gasteiger partial charge in [-0.2, -0.15) is 0 Å². The Balaban J connectivity index is 2.08. The first kappa shape index (κ1) is 16.8. The Morgan fingerprint density at radius 1 is 1.36 bits per heavy atom. The lowest BCUT2D eigenvalue weighted by atomic mass is 10.2. The number of carbonyl (C=O) groups excluding carboxylic acids is 1. The van der Waals surface area contributed by atoms with Crippen molar-refractivity contribution < 1.29 is 9.53 Å². The molecule has 0 radical (unpaired) electrons. The number of rotatable bonds is 6. The van der Waals surface area contributed by atoms with Crippen LogP contribution in [0.1, 0.15) is 19.4 Å². The molecule has 0 spiro atoms. The molecule has 2 rings (SSSR count). The topological polar surface area (TPSA) is 29.5 Å². The molecule has 0 aromatic heterocycles. The molecule has 0 N–H and O–H groups in total. The average Bonchev–Trinajstić information content (AvgIpc) is 2.74. The van der Waals surface area contributed by atoms with Crippen molar-refractivity contribution in [2.24, 2.45) is 5.92 Å². The molecule has 22 heavy (non-hydrogen) atoms. The fourth-order valence-corrected chi connectivity index (χ4v) is 3.14. The summed E-state index contributed by atoms with van der Waals surface area (Å²) in [7, 11) is 0. The van der Waals surface area contributed by atoms with Crippen LogP contribution in [0, 0.1) is 5.92 Å². The molecule has 1 heterocycles. The number of hydrogen-bond donors (Lipinski definition) is 0. The molecule has 1 aromatic carbocycles. The molecule has 0 saturated carbocycles. The van der Waals surface area contributed by atoms with Gasteiger partial charge >= 0.3 is 0 Å². The monoisotopic (exact) mass is 333 g/mol. The summed E-state index contributed by atoms with van der Waals surface area (Å²) in [5, 5.41) is 0. The zero-order chi connectivity index (χ0) is 16.1. The van der Waals surface area contributed by atoms with Crippen molar-refractivity contribution in [3.05, 3.63) is 47.4 Å². The molecule has 1 saturated heterocycles. The number of thioether (sulfide) groups is 1. The molecule has 1 aromatic rings. The first-order valence-corrected chi connectivity index (χ1v) is 8.33. The number of benzene rings is 1. The van der Waals surface area contributed by atoms with Crippen LogP contribution in [0.5, 0.6) is 5.75 Å². The van der Waals surface area contributed by atoms with Gasteiger partial charge in [-0.25, -0.2) is 0 Å². The van der Waals surface area contributed by atoms with E-state index in [1.807, 2.05) is 30.3 Å². The second-order valence-electron chi connectivity index (χ2n) is 5.35. The summed E-state index contributed by atoms with van der Waals surface area (Å²) in [6.45, 7) is 9.01. The van der Waals surface area contributed by atoms with E-state index in [2.05, 4.69) is 20.4 Å². The average molecular weight is 333 g/mol. The fraction of sp³-hybridized carbons (Fsp3) is 0.294. The molecule has 1 amide bonds. The second kappa shape index (κ2) is 7.61. The van der Waals surface area contributed by atoms with Gasteiger partial charge in [-0.05, 0) is 29.7 Å². The van der Waals surface area contributed by atoms with Gasteiger partial charge in [-0.15, -0.1) is 6.58 Å². The van der Waals surface area contributed by atoms with Gasteiger partial charge in [0.1, 0.15) is 10.1 Å². The molecule has 0 aliphatic carbocycles. The molecule has 0 bridgehead atoms. The minimum Gasteiger partial charge on any atom is -0.493 e. The van der Waals surface area contributed by atoms with E-state index < -0.39 is 0 Å². The quantitative estimate of drug-likeness (QED) is 0.445. The van der Waals surface area contributed by atoms with Crippen LogP contribution in [0.4, 0.5) is 0 Å². The maximum absolute atomic E-state index is 12.2. The summed E-state index contributed by atoms with van der Waals surface area (Å²) in [6.07, 6.45) is 3.53. The number of ether oxygens (including phenoxy) is 1. The van der Waals surface area contributed by atoms with Crippen molar-refractivity contribution in [2.45, 2.75) is 13.8 Å². The van der Waals surface area contributed by atoms with Crippen molar-refractivity contribution in [1.29, 1.82) is 0 Å². The van der Waals surface area contributed by atoms with E-state index in [0.717, 1.165) is 11.3 Å². The van der Waals surface area contributed by atoms with E-state index in [-0.39, 0.29) is 5.91 Å². The molecular formula is C17H19NO2S2. The molecule has 1 fully saturated rings. The number of nitrogens with zero attached hydrogens (tertiary/aromatic N) is 1. The molecular weight excluding hydrogens is 314 g/mol. The minimum atomic E-state index is -0.0602. The first-order chi connectivity index (χ1) is 10.5. The van der Waals surface area contributed by atoms with Crippen LogP contribution in [0.25, 0.3) is 6.08 Å². The predicted molar refractivity (Wildman–Crippen MR) is 96.9 cm³/mol. The Kier molecular flexibility index (Phi) is 5.80. The maximum atomic E-state index is 12.2. The van der Waals surface area contributed by atoms with Crippen molar-refractivity contribution in [2.75, 3.05) is 13.2 Å². The van der Waals surface area contributed by atoms with Gasteiger partial charge in [-0.3, -0.25) is 9.69 Å². The van der Waals surface area contributed by atoms with Gasteiger partial charge in [0, 0.05) is 6.54 Å². The van der Waals surface area contributed by atoms with Crippen LogP contribution in [-0.2, 0) is 4.79 Å². The highest BCUT2D eigenvalue weighted by Gasteiger charge is 2.30. The summed E-state index contributed by atoms with van der Waals surface area (Å²) in [4.78, 5) is 14.4. The lowest BCUT2D eigenvalue weighted by molar-refractivity contribution is -0.121. The van der Waals surface area contributed by atoms with Crippen molar-refractivity contribution in [1.82, 2.24) is 4.90 Å². The molecule has 3 nitrogen and oxygen atoms in total. The molecule has 116 valence electrons. The van der Waals surface area contributed by atoms with Gasteiger partial charge in [0.25, 0.3) is 5.91 Å². The SMILES string of the molecule is C=CCN1C(=O)/C(=C\c2ccc(OCC(C)C)cc2)SC1=S. The first-order valence-electron chi connectivity index (χ1n) is 7.10. The zero-order valence-corrected chi connectivity index (χ0v) is 14.4. The summed E-state index contributed by atoms with van der Waals surface area (Å²) in [5.41, 5.74) is 0.955. The number of hydrogen-bond acceptors (Lipinski definition) is 4. The largest absolute Gasteiger partial charge is 0.493 e. The number of amides is 1. The number of thiocarbonyl (C=S) groups is 1. The van der Waals surface area contributed by atoms with Gasteiger partial charge in [0.05, 0.1) is 11.5 Å². The normalized spacial score (nSPS) is 16.7. The lowest BCUT2D eigenvalue weighted by Gasteiger charge is -2.10. The van der Waals surface area contributed by atoms with Gasteiger partial charge in [0.2, 0.25) is 0 Å². The number of carbonyl (C=O) groups is 1. The second-order valence-corrected chi connectivity index (χ2v) is 7.03. The van der Waals surface area contributed by atoms with Crippen molar-refractivity contribution >= 4 is 40.3 Å². The van der Waals surface area contributed by atoms with Gasteiger partial charge < -0.3 is 4.74 Å². The molecule has 0 atom stereocenters. The third-order valence-electron chi connectivity index (χ3n) is 2.95. The Morgan fingerprint density at radius 3 is 2.64 bits per heavy atom. The summed E-state index contributed by atoms with van der Waals surface area (Å²) in [5.74, 6) is 1.27. The third-order valence-corrected chi connectivity index (χ3v) is 4.32. The van der Waals surface area contributed by atoms with Crippen LogP contribution in [-0.4, -0.2) is 28.3 Å². The standard InChI is InChI=1S/C17H19NO2S2/c1-4-9-18-16(19)15(22-17(18)21)10-13-5-7-14(8-6-13)20-11-12(2)3/h4-8,10,12H,1,9,11H2,2-3H3/b15-10+. The Labute approximate surface area is 141 Å². The highest BCUT2D eigenvalue weighted by molar-refractivity contribution is 8.26. The van der Waals surface area contributed by atoms with Crippen LogP contribution >= 0.6 is 24.0 Å². The maximum Gasteiger partial charge on any atom is 0.266 e. The lowest BCUT2D eigenvalue weighted by Crippen LogP contribution is -2.27. The van der Waals surface area contributed by atoms with E-state index in [0.29, 0.717) is 28.3 Å². The fourth-order valence-electron chi connectivity index (χ4n) is 1.86. The van der Waals surface area contributed by atoms with Crippen LogP contribution in [0.2, 0.25) is 0 Å². The Morgan fingerprint density at radius 2 is 2.05 bits per heavy atom. The minimum absolute atomic E-state index is 0.0602. The van der Waals surface area contributed by atoms with E-state index >= 15 is 0 Å². The zero-order valence-electron chi connectivity index (χ0n) is 12.7. The van der Waals surface area contributed by atoms with Crippen LogP contribution in [0.15, 0.2) is 41.8 Å². The van der Waals surface area contributed by atoms with Gasteiger partial charge in [0.15, 0.2) is 0 Å². The van der Waals surface area contributed by atoms with E-state index in [4.69, 9.17) is 17.0 Å². The summed E-state index contributed by atoms with van der Waals surface area (Å²) >= 11 is 6.54. The van der Waals surface area contributed by atoms with Crippen LogP contribution < -0.4 is 4.74 Å².